The number of hydrogen-bond acceptors (Lipinski definition) is 5. The quantitative estimate of drug-likeness (QED) is 0.699. The van der Waals surface area contributed by atoms with Gasteiger partial charge in [0.2, 0.25) is 0 Å². The zero-order chi connectivity index (χ0) is 13.7. The van der Waals surface area contributed by atoms with Crippen LogP contribution in [0.2, 0.25) is 0 Å². The molecule has 3 N–H and O–H groups in total. The predicted molar refractivity (Wildman–Crippen MR) is 73.5 cm³/mol. The number of rotatable bonds is 3. The van der Waals surface area contributed by atoms with E-state index in [-0.39, 0.29) is 6.09 Å². The van der Waals surface area contributed by atoms with Crippen LogP contribution in [0.4, 0.5) is 4.79 Å². The highest BCUT2D eigenvalue weighted by atomic mass is 16.6. The first-order valence-electron chi connectivity index (χ1n) is 7.03. The lowest BCUT2D eigenvalue weighted by Gasteiger charge is -2.32. The van der Waals surface area contributed by atoms with Crippen molar-refractivity contribution in [2.24, 2.45) is 0 Å². The molecule has 0 unspecified atom stereocenters. The minimum atomic E-state index is -0.183. The summed E-state index contributed by atoms with van der Waals surface area (Å²) in [5.41, 5.74) is 2.45. The van der Waals surface area contributed by atoms with Crippen molar-refractivity contribution in [3.63, 3.8) is 0 Å². The fraction of sp³-hybridized carbons (Fsp3) is 0.769. The molecule has 19 heavy (non-hydrogen) atoms. The van der Waals surface area contributed by atoms with E-state index >= 15 is 0 Å². The first kappa shape index (κ1) is 14.0. The molecule has 2 rings (SSSR count). The molecule has 0 aromatic carbocycles. The van der Waals surface area contributed by atoms with E-state index in [9.17, 15) is 4.79 Å². The second-order valence-corrected chi connectivity index (χ2v) is 4.99. The average molecular weight is 268 g/mol. The molecule has 0 aliphatic carbocycles. The van der Waals surface area contributed by atoms with Gasteiger partial charge < -0.3 is 20.3 Å². The van der Waals surface area contributed by atoms with Crippen LogP contribution in [-0.2, 0) is 4.74 Å². The molecule has 2 saturated heterocycles. The molecule has 0 aromatic heterocycles. The van der Waals surface area contributed by atoms with Crippen LogP contribution in [0.5, 0.6) is 0 Å². The molecule has 2 heterocycles. The number of nitrogens with one attached hydrogen (secondary N) is 3. The van der Waals surface area contributed by atoms with Crippen LogP contribution in [-0.4, -0.2) is 49.9 Å². The molecule has 2 aliphatic rings. The van der Waals surface area contributed by atoms with Crippen LogP contribution in [0.1, 0.15) is 26.7 Å². The SMILES string of the molecule is CCOC(=O)N1CCC(N/C(C)=C2/CNCN2)CC1. The Hall–Kier alpha value is -1.43. The summed E-state index contributed by atoms with van der Waals surface area (Å²) in [4.78, 5) is 13.4. The summed E-state index contributed by atoms with van der Waals surface area (Å²) in [7, 11) is 0. The van der Waals surface area contributed by atoms with Crippen molar-refractivity contribution in [1.82, 2.24) is 20.9 Å². The third-order valence-electron chi connectivity index (χ3n) is 3.62. The van der Waals surface area contributed by atoms with E-state index in [1.165, 1.54) is 11.4 Å². The zero-order valence-corrected chi connectivity index (χ0v) is 11.8. The first-order chi connectivity index (χ1) is 9.20. The van der Waals surface area contributed by atoms with Crippen LogP contribution in [0.15, 0.2) is 11.4 Å². The molecule has 6 nitrogen and oxygen atoms in total. The Morgan fingerprint density at radius 1 is 1.47 bits per heavy atom. The van der Waals surface area contributed by atoms with Gasteiger partial charge in [-0.25, -0.2) is 4.79 Å². The van der Waals surface area contributed by atoms with Gasteiger partial charge in [0.15, 0.2) is 0 Å². The molecule has 0 atom stereocenters. The smallest absolute Gasteiger partial charge is 0.409 e. The lowest BCUT2D eigenvalue weighted by Crippen LogP contribution is -2.45. The molecule has 2 fully saturated rings. The molecular formula is C13H24N4O2. The van der Waals surface area contributed by atoms with Gasteiger partial charge in [-0.2, -0.15) is 0 Å². The molecule has 0 saturated carbocycles. The molecule has 0 bridgehead atoms. The van der Waals surface area contributed by atoms with Crippen molar-refractivity contribution in [2.45, 2.75) is 32.7 Å². The fourth-order valence-electron chi connectivity index (χ4n) is 2.50. The molecule has 0 spiro atoms. The van der Waals surface area contributed by atoms with Gasteiger partial charge in [-0.3, -0.25) is 5.32 Å². The van der Waals surface area contributed by atoms with Crippen LogP contribution in [0, 0.1) is 0 Å². The van der Waals surface area contributed by atoms with E-state index in [1.54, 1.807) is 4.90 Å². The highest BCUT2D eigenvalue weighted by Crippen LogP contribution is 2.13. The molecular weight excluding hydrogens is 244 g/mol. The van der Waals surface area contributed by atoms with Crippen molar-refractivity contribution in [2.75, 3.05) is 32.9 Å². The van der Waals surface area contributed by atoms with E-state index < -0.39 is 0 Å². The van der Waals surface area contributed by atoms with Gasteiger partial charge in [-0.05, 0) is 26.7 Å². The van der Waals surface area contributed by atoms with E-state index in [4.69, 9.17) is 4.74 Å². The molecule has 2 aliphatic heterocycles. The van der Waals surface area contributed by atoms with E-state index in [0.29, 0.717) is 12.6 Å². The minimum absolute atomic E-state index is 0.183. The predicted octanol–water partition coefficient (Wildman–Crippen LogP) is 0.579. The Morgan fingerprint density at radius 2 is 2.21 bits per heavy atom. The Bertz CT molecular complexity index is 341. The highest BCUT2D eigenvalue weighted by molar-refractivity contribution is 5.67. The Morgan fingerprint density at radius 3 is 2.79 bits per heavy atom. The molecule has 6 heteroatoms. The number of hydrogen-bond donors (Lipinski definition) is 3. The lowest BCUT2D eigenvalue weighted by molar-refractivity contribution is 0.0958. The Kier molecular flexibility index (Phi) is 4.90. The first-order valence-corrected chi connectivity index (χ1v) is 7.03. The summed E-state index contributed by atoms with van der Waals surface area (Å²) in [6.07, 6.45) is 1.76. The largest absolute Gasteiger partial charge is 0.450 e. The maximum Gasteiger partial charge on any atom is 0.409 e. The van der Waals surface area contributed by atoms with E-state index in [0.717, 1.165) is 39.1 Å². The van der Waals surface area contributed by atoms with Crippen molar-refractivity contribution in [3.05, 3.63) is 11.4 Å². The van der Waals surface area contributed by atoms with Crippen molar-refractivity contribution >= 4 is 6.09 Å². The number of carbonyl (C=O) groups excluding carboxylic acids is 1. The minimum Gasteiger partial charge on any atom is -0.450 e. The van der Waals surface area contributed by atoms with Gasteiger partial charge in [0.1, 0.15) is 0 Å². The van der Waals surface area contributed by atoms with Crippen LogP contribution in [0.3, 0.4) is 0 Å². The highest BCUT2D eigenvalue weighted by Gasteiger charge is 2.23. The van der Waals surface area contributed by atoms with Gasteiger partial charge >= 0.3 is 6.09 Å². The second-order valence-electron chi connectivity index (χ2n) is 4.99. The summed E-state index contributed by atoms with van der Waals surface area (Å²) in [5.74, 6) is 0. The molecule has 108 valence electrons. The standard InChI is InChI=1S/C13H24N4O2/c1-3-19-13(18)17-6-4-11(5-7-17)16-10(2)12-8-14-9-15-12/h11,14-16H,3-9H2,1-2H3/b12-10-. The average Bonchev–Trinajstić information content (AvgIpc) is 2.94. The van der Waals surface area contributed by atoms with Crippen LogP contribution < -0.4 is 16.0 Å². The fourth-order valence-corrected chi connectivity index (χ4v) is 2.50. The van der Waals surface area contributed by atoms with E-state index in [2.05, 4.69) is 22.9 Å². The van der Waals surface area contributed by atoms with Gasteiger partial charge in [0.25, 0.3) is 0 Å². The number of amides is 1. The number of nitrogens with zero attached hydrogens (tertiary/aromatic N) is 1. The summed E-state index contributed by atoms with van der Waals surface area (Å²) in [6, 6.07) is 0.445. The molecule has 1 amide bonds. The van der Waals surface area contributed by atoms with Gasteiger partial charge in [0, 0.05) is 37.1 Å². The van der Waals surface area contributed by atoms with Crippen molar-refractivity contribution < 1.29 is 9.53 Å². The second kappa shape index (κ2) is 6.65. The van der Waals surface area contributed by atoms with Gasteiger partial charge in [-0.15, -0.1) is 0 Å². The third kappa shape index (κ3) is 3.76. The van der Waals surface area contributed by atoms with Crippen molar-refractivity contribution in [3.8, 4) is 0 Å². The molecule has 0 aromatic rings. The van der Waals surface area contributed by atoms with Crippen LogP contribution >= 0.6 is 0 Å². The zero-order valence-electron chi connectivity index (χ0n) is 11.8. The number of piperidine rings is 1. The van der Waals surface area contributed by atoms with Gasteiger partial charge in [-0.1, -0.05) is 0 Å². The Labute approximate surface area is 114 Å². The maximum absolute atomic E-state index is 11.6. The molecule has 0 radical (unpaired) electrons. The summed E-state index contributed by atoms with van der Waals surface area (Å²) in [5, 5.41) is 10.1. The number of likely N-dealkylation sites (tertiary alicyclic amines) is 1. The summed E-state index contributed by atoms with van der Waals surface area (Å²) >= 11 is 0. The summed E-state index contributed by atoms with van der Waals surface area (Å²) < 4.78 is 5.02. The monoisotopic (exact) mass is 268 g/mol. The summed E-state index contributed by atoms with van der Waals surface area (Å²) in [6.45, 7) is 7.67. The maximum atomic E-state index is 11.6. The van der Waals surface area contributed by atoms with Crippen molar-refractivity contribution in [1.29, 1.82) is 0 Å². The number of carbonyl (C=O) groups is 1. The Balaban J connectivity index is 1.77. The van der Waals surface area contributed by atoms with Gasteiger partial charge in [0.05, 0.1) is 13.3 Å². The third-order valence-corrected chi connectivity index (χ3v) is 3.62. The lowest BCUT2D eigenvalue weighted by atomic mass is 10.0. The normalized spacial score (nSPS) is 22.9. The van der Waals surface area contributed by atoms with E-state index in [1.807, 2.05) is 6.92 Å². The van der Waals surface area contributed by atoms with Crippen LogP contribution in [0.25, 0.3) is 0 Å². The topological polar surface area (TPSA) is 65.6 Å². The number of allylic oxidation sites excluding steroid dienone is 1. The number of ether oxygens (including phenoxy) is 1.